The van der Waals surface area contributed by atoms with E-state index < -0.39 is 26.7 Å². The molecule has 25 heavy (non-hydrogen) atoms. The molecule has 0 aliphatic carbocycles. The van der Waals surface area contributed by atoms with Crippen LogP contribution in [0.3, 0.4) is 0 Å². The molecular weight excluding hydrogens is 376 g/mol. The lowest BCUT2D eigenvalue weighted by atomic mass is 10.1. The van der Waals surface area contributed by atoms with Crippen LogP contribution < -0.4 is 14.8 Å². The quantitative estimate of drug-likeness (QED) is 0.259. The maximum atomic E-state index is 11.2. The molecule has 6 N–H and O–H groups in total. The van der Waals surface area contributed by atoms with Crippen molar-refractivity contribution in [3.05, 3.63) is 23.8 Å². The lowest BCUT2D eigenvalue weighted by Gasteiger charge is -2.29. The van der Waals surface area contributed by atoms with Crippen LogP contribution >= 0.6 is 15.2 Å². The van der Waals surface area contributed by atoms with Crippen LogP contribution in [0.2, 0.25) is 0 Å². The number of hydrogen-bond acceptors (Lipinski definition) is 6. The second-order valence-corrected chi connectivity index (χ2v) is 9.74. The second kappa shape index (κ2) is 7.34. The summed E-state index contributed by atoms with van der Waals surface area (Å²) in [5.41, 5.74) is 0.952. The summed E-state index contributed by atoms with van der Waals surface area (Å²) in [4.78, 5) is 36.2. The second-order valence-electron chi connectivity index (χ2n) is 5.73. The minimum absolute atomic E-state index is 0.216. The molecule has 0 amide bonds. The zero-order chi connectivity index (χ0) is 18.9. The van der Waals surface area contributed by atoms with Crippen molar-refractivity contribution in [3.8, 4) is 11.5 Å². The number of rotatable bonds is 8. The van der Waals surface area contributed by atoms with Crippen LogP contribution in [0.25, 0.3) is 0 Å². The van der Waals surface area contributed by atoms with Crippen molar-refractivity contribution in [2.24, 2.45) is 0 Å². The standard InChI is InChI=1S/C13H21NO9P2/c1-22-10-2-3-12-9(6-10)7-11(23-12)8-14-5-4-13(15,24(16,17)18)25(19,20)21/h2-3,6,11,14-15H,4-5,7-8H2,1H3,(H2,16,17,18)(H2,19,20,21). The maximum Gasteiger partial charge on any atom is 0.369 e. The third-order valence-corrected chi connectivity index (χ3v) is 7.83. The van der Waals surface area contributed by atoms with Gasteiger partial charge in [0.25, 0.3) is 5.08 Å². The molecule has 142 valence electrons. The highest BCUT2D eigenvalue weighted by Crippen LogP contribution is 2.68. The summed E-state index contributed by atoms with van der Waals surface area (Å²) < 4.78 is 33.3. The summed E-state index contributed by atoms with van der Waals surface area (Å²) in [5, 5.41) is 9.15. The van der Waals surface area contributed by atoms with Crippen LogP contribution in [0.1, 0.15) is 12.0 Å². The number of hydrogen-bond donors (Lipinski definition) is 6. The van der Waals surface area contributed by atoms with Gasteiger partial charge in [-0.25, -0.2) is 0 Å². The summed E-state index contributed by atoms with van der Waals surface area (Å²) in [5.74, 6) is 1.40. The van der Waals surface area contributed by atoms with Gasteiger partial charge in [-0.15, -0.1) is 0 Å². The largest absolute Gasteiger partial charge is 0.497 e. The summed E-state index contributed by atoms with van der Waals surface area (Å²) in [6, 6.07) is 5.37. The van der Waals surface area contributed by atoms with Crippen molar-refractivity contribution >= 4 is 15.2 Å². The van der Waals surface area contributed by atoms with E-state index in [1.54, 1.807) is 19.2 Å². The Hall–Kier alpha value is -0.960. The molecule has 1 heterocycles. The predicted molar refractivity (Wildman–Crippen MR) is 87.6 cm³/mol. The minimum atomic E-state index is -5.42. The van der Waals surface area contributed by atoms with Gasteiger partial charge in [0.1, 0.15) is 17.6 Å². The van der Waals surface area contributed by atoms with Crippen molar-refractivity contribution < 1.29 is 43.3 Å². The molecule has 0 saturated carbocycles. The topological polar surface area (TPSA) is 166 Å². The van der Waals surface area contributed by atoms with Gasteiger partial charge in [0, 0.05) is 24.9 Å². The molecule has 12 heteroatoms. The number of benzene rings is 1. The Morgan fingerprint density at radius 1 is 1.28 bits per heavy atom. The lowest BCUT2D eigenvalue weighted by molar-refractivity contribution is 0.121. The predicted octanol–water partition coefficient (Wildman–Crippen LogP) is -0.0201. The van der Waals surface area contributed by atoms with E-state index in [0.29, 0.717) is 17.9 Å². The zero-order valence-electron chi connectivity index (χ0n) is 13.4. The van der Waals surface area contributed by atoms with E-state index >= 15 is 0 Å². The Balaban J connectivity index is 1.88. The Morgan fingerprint density at radius 3 is 2.48 bits per heavy atom. The first-order chi connectivity index (χ1) is 11.5. The van der Waals surface area contributed by atoms with Gasteiger partial charge in [0.05, 0.1) is 7.11 Å². The molecule has 1 atom stereocenters. The molecule has 0 aromatic heterocycles. The fourth-order valence-corrected chi connectivity index (χ4v) is 4.68. The van der Waals surface area contributed by atoms with Gasteiger partial charge >= 0.3 is 15.2 Å². The molecule has 0 saturated heterocycles. The summed E-state index contributed by atoms with van der Waals surface area (Å²) in [6.45, 7) is 0.0572. The molecule has 10 nitrogen and oxygen atoms in total. The Kier molecular flexibility index (Phi) is 5.98. The van der Waals surface area contributed by atoms with Gasteiger partial charge in [-0.3, -0.25) is 9.13 Å². The van der Waals surface area contributed by atoms with Crippen molar-refractivity contribution in [3.63, 3.8) is 0 Å². The van der Waals surface area contributed by atoms with Crippen molar-refractivity contribution in [2.75, 3.05) is 20.2 Å². The molecule has 1 aliphatic rings. The Morgan fingerprint density at radius 2 is 1.92 bits per heavy atom. The van der Waals surface area contributed by atoms with Crippen molar-refractivity contribution in [1.82, 2.24) is 5.32 Å². The van der Waals surface area contributed by atoms with Gasteiger partial charge in [-0.2, -0.15) is 0 Å². The van der Waals surface area contributed by atoms with Crippen LogP contribution in [0, 0.1) is 0 Å². The van der Waals surface area contributed by atoms with E-state index in [0.717, 1.165) is 5.56 Å². The number of methoxy groups -OCH3 is 1. The summed E-state index contributed by atoms with van der Waals surface area (Å²) in [6.07, 6.45) is -0.476. The Bertz CT molecular complexity index is 691. The maximum absolute atomic E-state index is 11.2. The van der Waals surface area contributed by atoms with E-state index in [9.17, 15) is 14.2 Å². The molecule has 0 spiro atoms. The van der Waals surface area contributed by atoms with Gasteiger partial charge in [0.2, 0.25) is 0 Å². The molecule has 1 aromatic rings. The molecule has 1 aromatic carbocycles. The SMILES string of the molecule is COc1ccc2c(c1)CC(CNCCC(O)(P(=O)(O)O)P(=O)(O)O)O2. The molecule has 1 aliphatic heterocycles. The van der Waals surface area contributed by atoms with E-state index in [2.05, 4.69) is 5.32 Å². The minimum Gasteiger partial charge on any atom is -0.497 e. The van der Waals surface area contributed by atoms with Crippen molar-refractivity contribution in [2.45, 2.75) is 24.0 Å². The third-order valence-electron chi connectivity index (χ3n) is 3.95. The number of nitrogens with one attached hydrogen (secondary N) is 1. The average Bonchev–Trinajstić information content (AvgIpc) is 2.90. The van der Waals surface area contributed by atoms with Gasteiger partial charge in [-0.1, -0.05) is 0 Å². The van der Waals surface area contributed by atoms with Crippen LogP contribution in [0.15, 0.2) is 18.2 Å². The van der Waals surface area contributed by atoms with Gasteiger partial charge in [-0.05, 0) is 24.7 Å². The van der Waals surface area contributed by atoms with Crippen molar-refractivity contribution in [1.29, 1.82) is 0 Å². The molecular formula is C13H21NO9P2. The third kappa shape index (κ3) is 4.42. The fraction of sp³-hybridized carbons (Fsp3) is 0.538. The average molecular weight is 397 g/mol. The van der Waals surface area contributed by atoms with E-state index in [-0.39, 0.29) is 19.2 Å². The highest BCUT2D eigenvalue weighted by atomic mass is 31.2. The summed E-state index contributed by atoms with van der Waals surface area (Å²) in [7, 11) is -9.29. The molecule has 0 fully saturated rings. The molecule has 2 rings (SSSR count). The molecule has 0 bridgehead atoms. The summed E-state index contributed by atoms with van der Waals surface area (Å²) >= 11 is 0. The number of fused-ring (bicyclic) bond motifs is 1. The van der Waals surface area contributed by atoms with Gasteiger partial charge < -0.3 is 39.5 Å². The number of ether oxygens (including phenoxy) is 2. The molecule has 1 unspecified atom stereocenters. The van der Waals surface area contributed by atoms with Crippen LogP contribution in [-0.4, -0.2) is 56.1 Å². The fourth-order valence-electron chi connectivity index (χ4n) is 2.52. The first-order valence-corrected chi connectivity index (χ1v) is 10.6. The Labute approximate surface area is 144 Å². The van der Waals surface area contributed by atoms with E-state index in [1.807, 2.05) is 6.07 Å². The smallest absolute Gasteiger partial charge is 0.369 e. The van der Waals surface area contributed by atoms with Crippen LogP contribution in [0.4, 0.5) is 0 Å². The van der Waals surface area contributed by atoms with E-state index in [4.69, 9.17) is 29.0 Å². The zero-order valence-corrected chi connectivity index (χ0v) is 15.2. The highest BCUT2D eigenvalue weighted by Gasteiger charge is 2.58. The first kappa shape index (κ1) is 20.4. The first-order valence-electron chi connectivity index (χ1n) is 7.36. The highest BCUT2D eigenvalue weighted by molar-refractivity contribution is 7.72. The molecule has 0 radical (unpaired) electrons. The van der Waals surface area contributed by atoms with E-state index in [1.165, 1.54) is 0 Å². The normalized spacial score (nSPS) is 17.9. The lowest BCUT2D eigenvalue weighted by Crippen LogP contribution is -2.36. The van der Waals surface area contributed by atoms with Crippen LogP contribution in [-0.2, 0) is 15.6 Å². The number of aliphatic hydroxyl groups is 1. The van der Waals surface area contributed by atoms with Crippen LogP contribution in [0.5, 0.6) is 11.5 Å². The monoisotopic (exact) mass is 397 g/mol. The van der Waals surface area contributed by atoms with Gasteiger partial charge in [0.15, 0.2) is 0 Å².